The summed E-state index contributed by atoms with van der Waals surface area (Å²) >= 11 is 0. The van der Waals surface area contributed by atoms with Crippen molar-refractivity contribution in [2.45, 2.75) is 76.0 Å². The Hall–Kier alpha value is -1.89. The lowest BCUT2D eigenvalue weighted by molar-refractivity contribution is -0.166. The van der Waals surface area contributed by atoms with E-state index in [9.17, 15) is 4.79 Å². The molecule has 3 aliphatic rings. The second kappa shape index (κ2) is 9.16. The molecule has 6 nitrogen and oxygen atoms in total. The second-order valence-electron chi connectivity index (χ2n) is 9.91. The van der Waals surface area contributed by atoms with Gasteiger partial charge in [0.05, 0.1) is 25.7 Å². The van der Waals surface area contributed by atoms with E-state index in [0.29, 0.717) is 5.92 Å². The monoisotopic (exact) mass is 444 g/mol. The van der Waals surface area contributed by atoms with E-state index in [-0.39, 0.29) is 41.4 Å². The molecule has 0 aromatic heterocycles. The van der Waals surface area contributed by atoms with Crippen molar-refractivity contribution in [3.05, 3.63) is 35.9 Å². The zero-order valence-corrected chi connectivity index (χ0v) is 19.8. The first-order valence-electron chi connectivity index (χ1n) is 11.7. The lowest BCUT2D eigenvalue weighted by Crippen LogP contribution is -2.55. The van der Waals surface area contributed by atoms with Crippen molar-refractivity contribution in [1.29, 1.82) is 0 Å². The summed E-state index contributed by atoms with van der Waals surface area (Å²) in [5, 5.41) is 0. The number of ether oxygens (including phenoxy) is 5. The van der Waals surface area contributed by atoms with Crippen molar-refractivity contribution < 1.29 is 28.5 Å². The Balaban J connectivity index is 1.42. The Morgan fingerprint density at radius 2 is 1.97 bits per heavy atom. The molecule has 176 valence electrons. The Labute approximate surface area is 191 Å². The molecular weight excluding hydrogens is 408 g/mol. The predicted molar refractivity (Wildman–Crippen MR) is 121 cm³/mol. The van der Waals surface area contributed by atoms with Gasteiger partial charge < -0.3 is 23.7 Å². The number of methoxy groups -OCH3 is 2. The Morgan fingerprint density at radius 1 is 1.25 bits per heavy atom. The Morgan fingerprint density at radius 3 is 2.56 bits per heavy atom. The highest BCUT2D eigenvalue weighted by atomic mass is 16.6. The van der Waals surface area contributed by atoms with Gasteiger partial charge >= 0.3 is 5.97 Å². The third-order valence-electron chi connectivity index (χ3n) is 7.30. The highest BCUT2D eigenvalue weighted by Crippen LogP contribution is 2.59. The number of rotatable bonds is 9. The fourth-order valence-corrected chi connectivity index (χ4v) is 5.34. The highest BCUT2D eigenvalue weighted by molar-refractivity contribution is 5.87. The maximum Gasteiger partial charge on any atom is 0.331 e. The van der Waals surface area contributed by atoms with E-state index in [1.807, 2.05) is 24.3 Å². The molecule has 2 saturated heterocycles. The van der Waals surface area contributed by atoms with Crippen LogP contribution in [0.15, 0.2) is 30.3 Å². The smallest absolute Gasteiger partial charge is 0.331 e. The van der Waals surface area contributed by atoms with Gasteiger partial charge in [0.25, 0.3) is 0 Å². The number of esters is 1. The molecule has 6 atom stereocenters. The van der Waals surface area contributed by atoms with Gasteiger partial charge in [-0.05, 0) is 62.3 Å². The fraction of sp³-hybridized carbons (Fsp3) is 0.654. The quantitative estimate of drug-likeness (QED) is 0.319. The molecule has 2 heterocycles. The number of benzene rings is 1. The molecule has 1 aromatic carbocycles. The summed E-state index contributed by atoms with van der Waals surface area (Å²) in [6, 6.07) is 7.51. The molecule has 1 aromatic rings. The number of carbonyl (C=O) groups is 1. The summed E-state index contributed by atoms with van der Waals surface area (Å²) in [5.74, 6) is 1.11. The van der Waals surface area contributed by atoms with E-state index in [1.54, 1.807) is 20.3 Å². The summed E-state index contributed by atoms with van der Waals surface area (Å²) in [7, 11) is 3.32. The Bertz CT molecular complexity index is 827. The number of hydrogen-bond acceptors (Lipinski definition) is 6. The summed E-state index contributed by atoms with van der Waals surface area (Å²) < 4.78 is 29.2. The van der Waals surface area contributed by atoms with E-state index in [2.05, 4.69) is 20.8 Å². The van der Waals surface area contributed by atoms with Crippen LogP contribution in [0.3, 0.4) is 0 Å². The summed E-state index contributed by atoms with van der Waals surface area (Å²) in [4.78, 5) is 12.6. The van der Waals surface area contributed by atoms with E-state index >= 15 is 0 Å². The second-order valence-corrected chi connectivity index (χ2v) is 9.91. The van der Waals surface area contributed by atoms with Crippen LogP contribution in [0.5, 0.6) is 5.75 Å². The lowest BCUT2D eigenvalue weighted by atomic mass is 9.68. The Kier molecular flexibility index (Phi) is 6.66. The van der Waals surface area contributed by atoms with E-state index < -0.39 is 0 Å². The molecule has 0 bridgehead atoms. The molecule has 4 rings (SSSR count). The van der Waals surface area contributed by atoms with Crippen LogP contribution in [-0.4, -0.2) is 56.3 Å². The predicted octanol–water partition coefficient (Wildman–Crippen LogP) is 4.41. The van der Waals surface area contributed by atoms with E-state index in [1.165, 1.54) is 6.08 Å². The fourth-order valence-electron chi connectivity index (χ4n) is 5.34. The standard InChI is InChI=1S/C26H36O6/c1-17(2)6-12-21-25(3,32-21)24-23(29-5)20(14-15-26(24)16-30-26)31-22(27)13-9-18-7-10-19(28-4)11-8-18/h7-11,13,17,20-21,23-24H,6,12,14-16H2,1-5H3/b13-9+/t20-,21+,23-,24-,25-,26+/m1/s1. The number of carbonyl (C=O) groups excluding carboxylic acids is 1. The molecule has 0 radical (unpaired) electrons. The van der Waals surface area contributed by atoms with Crippen LogP contribution in [0.4, 0.5) is 0 Å². The summed E-state index contributed by atoms with van der Waals surface area (Å²) in [5.41, 5.74) is 0.407. The molecule has 6 heteroatoms. The SMILES string of the molecule is COc1ccc(/C=C/C(=O)O[C@@H]2CC[C@]3(CO3)[C@@H]([C@]3(C)O[C@H]3CCC(C)C)[C@@H]2OC)cc1. The van der Waals surface area contributed by atoms with Crippen molar-refractivity contribution >= 4 is 12.0 Å². The van der Waals surface area contributed by atoms with Gasteiger partial charge in [0.2, 0.25) is 0 Å². The molecule has 0 unspecified atom stereocenters. The van der Waals surface area contributed by atoms with Crippen molar-refractivity contribution in [3.63, 3.8) is 0 Å². The van der Waals surface area contributed by atoms with Crippen molar-refractivity contribution in [2.24, 2.45) is 11.8 Å². The van der Waals surface area contributed by atoms with Gasteiger partial charge in [-0.3, -0.25) is 0 Å². The molecule has 2 aliphatic heterocycles. The van der Waals surface area contributed by atoms with Crippen LogP contribution >= 0.6 is 0 Å². The molecule has 1 spiro atoms. The van der Waals surface area contributed by atoms with E-state index in [0.717, 1.165) is 43.6 Å². The molecule has 3 fully saturated rings. The molecule has 0 amide bonds. The average molecular weight is 445 g/mol. The maximum atomic E-state index is 12.6. The van der Waals surface area contributed by atoms with Crippen LogP contribution in [0.25, 0.3) is 6.08 Å². The minimum atomic E-state index is -0.363. The molecule has 1 saturated carbocycles. The van der Waals surface area contributed by atoms with Crippen LogP contribution < -0.4 is 4.74 Å². The first kappa shape index (κ1) is 23.3. The van der Waals surface area contributed by atoms with Gasteiger partial charge in [-0.25, -0.2) is 4.79 Å². The largest absolute Gasteiger partial charge is 0.497 e. The topological polar surface area (TPSA) is 69.8 Å². The van der Waals surface area contributed by atoms with Gasteiger partial charge in [-0.2, -0.15) is 0 Å². The minimum Gasteiger partial charge on any atom is -0.497 e. The molecule has 0 N–H and O–H groups in total. The van der Waals surface area contributed by atoms with Gasteiger partial charge in [0.15, 0.2) is 0 Å². The zero-order chi connectivity index (χ0) is 22.9. The lowest BCUT2D eigenvalue weighted by Gasteiger charge is -2.42. The van der Waals surface area contributed by atoms with Crippen LogP contribution in [0.1, 0.15) is 52.0 Å². The maximum absolute atomic E-state index is 12.6. The minimum absolute atomic E-state index is 0.0503. The first-order valence-corrected chi connectivity index (χ1v) is 11.7. The van der Waals surface area contributed by atoms with Crippen molar-refractivity contribution in [3.8, 4) is 5.75 Å². The first-order chi connectivity index (χ1) is 15.3. The van der Waals surface area contributed by atoms with Crippen LogP contribution in [0.2, 0.25) is 0 Å². The molecule has 32 heavy (non-hydrogen) atoms. The zero-order valence-electron chi connectivity index (χ0n) is 19.8. The number of epoxide rings is 2. The third-order valence-corrected chi connectivity index (χ3v) is 7.30. The van der Waals surface area contributed by atoms with Gasteiger partial charge in [-0.1, -0.05) is 26.0 Å². The molecule has 1 aliphatic carbocycles. The normalized spacial score (nSPS) is 35.9. The summed E-state index contributed by atoms with van der Waals surface area (Å²) in [6.45, 7) is 7.37. The van der Waals surface area contributed by atoms with Gasteiger partial charge in [-0.15, -0.1) is 0 Å². The van der Waals surface area contributed by atoms with E-state index in [4.69, 9.17) is 23.7 Å². The van der Waals surface area contributed by atoms with Crippen LogP contribution in [0, 0.1) is 11.8 Å². The van der Waals surface area contributed by atoms with Crippen LogP contribution in [-0.2, 0) is 23.7 Å². The summed E-state index contributed by atoms with van der Waals surface area (Å²) in [6.07, 6.45) is 6.61. The van der Waals surface area contributed by atoms with Crippen molar-refractivity contribution in [1.82, 2.24) is 0 Å². The third kappa shape index (κ3) is 4.73. The average Bonchev–Trinajstić information content (AvgIpc) is 3.69. The highest BCUT2D eigenvalue weighted by Gasteiger charge is 2.72. The molecular formula is C26H36O6. The number of hydrogen-bond donors (Lipinski definition) is 0. The van der Waals surface area contributed by atoms with Gasteiger partial charge in [0.1, 0.15) is 29.2 Å². The van der Waals surface area contributed by atoms with Gasteiger partial charge in [0, 0.05) is 13.2 Å². The van der Waals surface area contributed by atoms with Crippen molar-refractivity contribution in [2.75, 3.05) is 20.8 Å².